The second kappa shape index (κ2) is 6.07. The summed E-state index contributed by atoms with van der Waals surface area (Å²) in [6.07, 6.45) is 4.29. The normalized spacial score (nSPS) is 18.9. The lowest BCUT2D eigenvalue weighted by molar-refractivity contribution is -0.142. The Balaban J connectivity index is 2.63. The largest absolute Gasteiger partial charge is 0.480 e. The topological polar surface area (TPSA) is 69.6 Å². The first-order chi connectivity index (χ1) is 8.32. The monoisotopic (exact) mass is 256 g/mol. The molecule has 0 unspecified atom stereocenters. The second-order valence-corrected chi connectivity index (χ2v) is 5.99. The molecule has 0 bridgehead atoms. The molecule has 0 spiro atoms. The molecule has 1 saturated heterocycles. The zero-order valence-corrected chi connectivity index (χ0v) is 11.5. The lowest BCUT2D eigenvalue weighted by atomic mass is 9.87. The average Bonchev–Trinajstić information content (AvgIpc) is 2.51. The number of urea groups is 1. The van der Waals surface area contributed by atoms with Crippen LogP contribution in [-0.2, 0) is 4.79 Å². The van der Waals surface area contributed by atoms with E-state index in [4.69, 9.17) is 0 Å². The molecule has 2 amide bonds. The lowest BCUT2D eigenvalue weighted by Gasteiger charge is -2.30. The van der Waals surface area contributed by atoms with Gasteiger partial charge in [-0.1, -0.05) is 33.6 Å². The number of likely N-dealkylation sites (tertiary alicyclic amines) is 1. The number of carbonyl (C=O) groups excluding carboxylic acids is 1. The molecule has 18 heavy (non-hydrogen) atoms. The number of nitrogens with one attached hydrogen (secondary N) is 1. The number of hydrogen-bond acceptors (Lipinski definition) is 2. The summed E-state index contributed by atoms with van der Waals surface area (Å²) in [5.41, 5.74) is -0.493. The number of carboxylic acid groups (broad SMARTS) is 1. The van der Waals surface area contributed by atoms with Crippen molar-refractivity contribution in [2.75, 3.05) is 13.1 Å². The maximum atomic E-state index is 12.1. The van der Waals surface area contributed by atoms with Crippen LogP contribution in [0.25, 0.3) is 0 Å². The second-order valence-electron chi connectivity index (χ2n) is 5.99. The van der Waals surface area contributed by atoms with Crippen LogP contribution in [0, 0.1) is 5.41 Å². The fraction of sp³-hybridized carbons (Fsp3) is 0.846. The van der Waals surface area contributed by atoms with Gasteiger partial charge < -0.3 is 15.3 Å². The Bertz CT molecular complexity index is 302. The predicted molar refractivity (Wildman–Crippen MR) is 69.5 cm³/mol. The summed E-state index contributed by atoms with van der Waals surface area (Å²) >= 11 is 0. The summed E-state index contributed by atoms with van der Waals surface area (Å²) in [5.74, 6) is -0.981. The number of carboxylic acids is 1. The first-order valence-corrected chi connectivity index (χ1v) is 6.60. The van der Waals surface area contributed by atoms with Crippen LogP contribution in [0.2, 0.25) is 0 Å². The van der Waals surface area contributed by atoms with E-state index in [1.165, 1.54) is 0 Å². The lowest BCUT2D eigenvalue weighted by Crippen LogP contribution is -2.53. The predicted octanol–water partition coefficient (Wildman–Crippen LogP) is 2.07. The number of amides is 2. The Hall–Kier alpha value is -1.26. The third kappa shape index (κ3) is 4.20. The molecule has 1 aliphatic rings. The molecule has 2 N–H and O–H groups in total. The highest BCUT2D eigenvalue weighted by Crippen LogP contribution is 2.20. The van der Waals surface area contributed by atoms with Crippen LogP contribution in [0.1, 0.15) is 46.5 Å². The number of hydrogen-bond donors (Lipinski definition) is 2. The van der Waals surface area contributed by atoms with E-state index in [9.17, 15) is 14.7 Å². The number of rotatable bonds is 2. The van der Waals surface area contributed by atoms with Gasteiger partial charge in [0.1, 0.15) is 6.04 Å². The van der Waals surface area contributed by atoms with Crippen LogP contribution in [0.5, 0.6) is 0 Å². The van der Waals surface area contributed by atoms with Crippen molar-refractivity contribution in [2.45, 2.75) is 52.5 Å². The molecule has 1 rings (SSSR count). The van der Waals surface area contributed by atoms with Crippen molar-refractivity contribution >= 4 is 12.0 Å². The fourth-order valence-electron chi connectivity index (χ4n) is 2.14. The zero-order chi connectivity index (χ0) is 13.8. The molecule has 0 saturated carbocycles. The van der Waals surface area contributed by atoms with Crippen LogP contribution in [-0.4, -0.2) is 41.1 Å². The number of aliphatic carboxylic acids is 1. The Kier molecular flexibility index (Phi) is 4.99. The number of nitrogens with zero attached hydrogens (tertiary/aromatic N) is 1. The minimum atomic E-state index is -0.981. The van der Waals surface area contributed by atoms with Crippen molar-refractivity contribution < 1.29 is 14.7 Å². The molecule has 5 heteroatoms. The zero-order valence-electron chi connectivity index (χ0n) is 11.5. The van der Waals surface area contributed by atoms with Crippen molar-refractivity contribution in [2.24, 2.45) is 5.41 Å². The Morgan fingerprint density at radius 3 is 2.00 bits per heavy atom. The highest BCUT2D eigenvalue weighted by molar-refractivity contribution is 5.83. The van der Waals surface area contributed by atoms with Gasteiger partial charge in [-0.15, -0.1) is 0 Å². The van der Waals surface area contributed by atoms with E-state index in [0.29, 0.717) is 0 Å². The van der Waals surface area contributed by atoms with Crippen LogP contribution in [0.4, 0.5) is 4.79 Å². The molecule has 1 atom stereocenters. The van der Waals surface area contributed by atoms with Gasteiger partial charge in [0.15, 0.2) is 0 Å². The molecule has 1 fully saturated rings. The molecule has 0 aromatic carbocycles. The summed E-state index contributed by atoms with van der Waals surface area (Å²) in [4.78, 5) is 25.0. The van der Waals surface area contributed by atoms with Crippen molar-refractivity contribution in [3.63, 3.8) is 0 Å². The molecule has 0 aromatic heterocycles. The molecule has 0 aliphatic carbocycles. The van der Waals surface area contributed by atoms with Gasteiger partial charge in [0.2, 0.25) is 0 Å². The fourth-order valence-corrected chi connectivity index (χ4v) is 2.14. The van der Waals surface area contributed by atoms with Gasteiger partial charge in [-0.05, 0) is 18.3 Å². The smallest absolute Gasteiger partial charge is 0.326 e. The van der Waals surface area contributed by atoms with E-state index in [1.807, 2.05) is 20.8 Å². The Labute approximate surface area is 109 Å². The molecular weight excluding hydrogens is 232 g/mol. The Morgan fingerprint density at radius 1 is 1.11 bits per heavy atom. The van der Waals surface area contributed by atoms with Crippen molar-refractivity contribution in [1.82, 2.24) is 10.2 Å². The van der Waals surface area contributed by atoms with E-state index >= 15 is 0 Å². The first kappa shape index (κ1) is 14.8. The molecule has 0 radical (unpaired) electrons. The molecular formula is C13H24N2O3. The van der Waals surface area contributed by atoms with Crippen molar-refractivity contribution in [1.29, 1.82) is 0 Å². The Morgan fingerprint density at radius 2 is 1.61 bits per heavy atom. The minimum absolute atomic E-state index is 0.251. The van der Waals surface area contributed by atoms with E-state index in [0.717, 1.165) is 38.8 Å². The van der Waals surface area contributed by atoms with E-state index in [-0.39, 0.29) is 6.03 Å². The van der Waals surface area contributed by atoms with Crippen molar-refractivity contribution in [3.05, 3.63) is 0 Å². The molecule has 104 valence electrons. The van der Waals surface area contributed by atoms with Gasteiger partial charge in [-0.2, -0.15) is 0 Å². The minimum Gasteiger partial charge on any atom is -0.480 e. The van der Waals surface area contributed by atoms with Gasteiger partial charge in [0.25, 0.3) is 0 Å². The standard InChI is InChI=1S/C13H24N2O3/c1-13(2,3)10(11(16)17)14-12(18)15-8-6-4-5-7-9-15/h10H,4-9H2,1-3H3,(H,14,18)(H,16,17)/t10-/m0/s1. The third-order valence-corrected chi connectivity index (χ3v) is 3.27. The van der Waals surface area contributed by atoms with Crippen molar-refractivity contribution in [3.8, 4) is 0 Å². The van der Waals surface area contributed by atoms with Gasteiger partial charge in [0.05, 0.1) is 0 Å². The van der Waals surface area contributed by atoms with Gasteiger partial charge in [0, 0.05) is 13.1 Å². The SMILES string of the molecule is CC(C)(C)[C@@H](NC(=O)N1CCCCCC1)C(=O)O. The van der Waals surface area contributed by atoms with E-state index in [2.05, 4.69) is 5.32 Å². The molecule has 5 nitrogen and oxygen atoms in total. The summed E-state index contributed by atoms with van der Waals surface area (Å²) in [6.45, 7) is 6.89. The number of carbonyl (C=O) groups is 2. The van der Waals surface area contributed by atoms with Crippen LogP contribution < -0.4 is 5.32 Å². The van der Waals surface area contributed by atoms with Gasteiger partial charge in [-0.3, -0.25) is 0 Å². The highest BCUT2D eigenvalue weighted by Gasteiger charge is 2.33. The maximum absolute atomic E-state index is 12.1. The van der Waals surface area contributed by atoms with E-state index < -0.39 is 17.4 Å². The quantitative estimate of drug-likeness (QED) is 0.794. The summed E-state index contributed by atoms with van der Waals surface area (Å²) < 4.78 is 0. The van der Waals surface area contributed by atoms with Gasteiger partial charge in [-0.25, -0.2) is 9.59 Å². The van der Waals surface area contributed by atoms with Gasteiger partial charge >= 0.3 is 12.0 Å². The molecule has 1 heterocycles. The average molecular weight is 256 g/mol. The molecule has 1 aliphatic heterocycles. The summed E-state index contributed by atoms with van der Waals surface area (Å²) in [7, 11) is 0. The third-order valence-electron chi connectivity index (χ3n) is 3.27. The molecule has 0 aromatic rings. The maximum Gasteiger partial charge on any atom is 0.326 e. The highest BCUT2D eigenvalue weighted by atomic mass is 16.4. The van der Waals surface area contributed by atoms with E-state index in [1.54, 1.807) is 4.90 Å². The first-order valence-electron chi connectivity index (χ1n) is 6.60. The van der Waals surface area contributed by atoms with Crippen LogP contribution >= 0.6 is 0 Å². The summed E-state index contributed by atoms with van der Waals surface area (Å²) in [5, 5.41) is 11.8. The summed E-state index contributed by atoms with van der Waals surface area (Å²) in [6, 6.07) is -1.10. The van der Waals surface area contributed by atoms with Crippen LogP contribution in [0.3, 0.4) is 0 Å². The van der Waals surface area contributed by atoms with Crippen LogP contribution in [0.15, 0.2) is 0 Å².